The van der Waals surface area contributed by atoms with Gasteiger partial charge in [-0.15, -0.1) is 11.8 Å². The lowest BCUT2D eigenvalue weighted by atomic mass is 9.86. The molecule has 0 saturated carbocycles. The van der Waals surface area contributed by atoms with E-state index >= 15 is 0 Å². The minimum Gasteiger partial charge on any atom is -0.493 e. The van der Waals surface area contributed by atoms with Crippen LogP contribution in [0.2, 0.25) is 0 Å². The number of nitrogens with one attached hydrogen (secondary N) is 1. The molecule has 2 bridgehead atoms. The van der Waals surface area contributed by atoms with Crippen molar-refractivity contribution in [3.8, 4) is 16.9 Å². The fraction of sp³-hybridized carbons (Fsp3) is 0.458. The Bertz CT molecular complexity index is 926. The quantitative estimate of drug-likeness (QED) is 0.720. The number of fused-ring (bicyclic) bond motifs is 4. The zero-order chi connectivity index (χ0) is 20.5. The molecule has 4 aliphatic heterocycles. The first-order valence-electron chi connectivity index (χ1n) is 10.8. The van der Waals surface area contributed by atoms with Gasteiger partial charge in [0, 0.05) is 23.4 Å². The zero-order valence-electron chi connectivity index (χ0n) is 17.3. The maximum absolute atomic E-state index is 12.7. The van der Waals surface area contributed by atoms with E-state index in [1.165, 1.54) is 10.5 Å². The fourth-order valence-electron chi connectivity index (χ4n) is 4.88. The summed E-state index contributed by atoms with van der Waals surface area (Å²) in [5.41, 5.74) is 3.33. The maximum atomic E-state index is 12.7. The second-order valence-corrected chi connectivity index (χ2v) is 9.28. The number of ether oxygens (including phenoxy) is 2. The third-order valence-corrected chi connectivity index (χ3v) is 7.32. The van der Waals surface area contributed by atoms with Gasteiger partial charge in [-0.1, -0.05) is 18.2 Å². The molecule has 0 spiro atoms. The van der Waals surface area contributed by atoms with Gasteiger partial charge in [0.2, 0.25) is 0 Å². The minimum absolute atomic E-state index is 0.0208. The van der Waals surface area contributed by atoms with Crippen molar-refractivity contribution in [2.45, 2.75) is 36.3 Å². The van der Waals surface area contributed by atoms with Crippen molar-refractivity contribution in [3.05, 3.63) is 48.0 Å². The Labute approximate surface area is 182 Å². The summed E-state index contributed by atoms with van der Waals surface area (Å²) in [6.45, 7) is 3.75. The fourth-order valence-corrected chi connectivity index (χ4v) is 5.34. The van der Waals surface area contributed by atoms with Crippen molar-refractivity contribution in [2.24, 2.45) is 5.92 Å². The minimum atomic E-state index is -0.304. The van der Waals surface area contributed by atoms with Gasteiger partial charge < -0.3 is 14.8 Å². The largest absolute Gasteiger partial charge is 0.493 e. The van der Waals surface area contributed by atoms with Crippen LogP contribution < -0.4 is 10.1 Å². The van der Waals surface area contributed by atoms with E-state index in [-0.39, 0.29) is 18.2 Å². The van der Waals surface area contributed by atoms with Gasteiger partial charge in [0.15, 0.2) is 0 Å². The molecule has 2 atom stereocenters. The number of amides is 1. The molecule has 1 N–H and O–H groups in total. The summed E-state index contributed by atoms with van der Waals surface area (Å²) in [6, 6.07) is 14.7. The Kier molecular flexibility index (Phi) is 5.61. The highest BCUT2D eigenvalue weighted by molar-refractivity contribution is 7.98. The number of benzene rings is 2. The number of hydrogen-bond acceptors (Lipinski definition) is 5. The molecule has 5 nitrogen and oxygen atoms in total. The molecule has 158 valence electrons. The van der Waals surface area contributed by atoms with Crippen LogP contribution in [0.3, 0.4) is 0 Å². The van der Waals surface area contributed by atoms with Gasteiger partial charge in [0.25, 0.3) is 0 Å². The highest BCUT2D eigenvalue weighted by atomic mass is 32.2. The lowest BCUT2D eigenvalue weighted by molar-refractivity contribution is -0.0342. The normalized spacial score (nSPS) is 27.1. The van der Waals surface area contributed by atoms with Gasteiger partial charge in [0.1, 0.15) is 11.9 Å². The standard InChI is InChI=1S/C24H28N2O3S/c1-30-19-4-2-3-17(13-19)18-5-6-22-20(14-18)21(9-12-28-22)25-24(27)29-23-15-26-10-7-16(23)8-11-26/h2-6,13-14,16,21,23H,7-12,15H2,1H3,(H,25,27)/t21?,23-/m1/s1. The van der Waals surface area contributed by atoms with Gasteiger partial charge in [-0.2, -0.15) is 0 Å². The summed E-state index contributed by atoms with van der Waals surface area (Å²) < 4.78 is 11.7. The summed E-state index contributed by atoms with van der Waals surface area (Å²) in [5.74, 6) is 1.36. The van der Waals surface area contributed by atoms with E-state index in [0.29, 0.717) is 12.5 Å². The first kappa shape index (κ1) is 19.8. The second kappa shape index (κ2) is 8.52. The summed E-state index contributed by atoms with van der Waals surface area (Å²) in [4.78, 5) is 16.3. The van der Waals surface area contributed by atoms with Crippen LogP contribution in [0.25, 0.3) is 11.1 Å². The summed E-state index contributed by atoms with van der Waals surface area (Å²) >= 11 is 1.74. The van der Waals surface area contributed by atoms with E-state index in [9.17, 15) is 4.79 Å². The molecule has 1 amide bonds. The molecule has 3 saturated heterocycles. The van der Waals surface area contributed by atoms with Crippen molar-refractivity contribution < 1.29 is 14.3 Å². The van der Waals surface area contributed by atoms with Crippen molar-refractivity contribution in [3.63, 3.8) is 0 Å². The number of carbonyl (C=O) groups is 1. The third-order valence-electron chi connectivity index (χ3n) is 6.60. The number of hydrogen-bond donors (Lipinski definition) is 1. The van der Waals surface area contributed by atoms with E-state index in [4.69, 9.17) is 9.47 Å². The van der Waals surface area contributed by atoms with Gasteiger partial charge in [-0.25, -0.2) is 4.79 Å². The van der Waals surface area contributed by atoms with E-state index in [2.05, 4.69) is 52.9 Å². The molecule has 4 aliphatic rings. The molecule has 0 radical (unpaired) electrons. The van der Waals surface area contributed by atoms with E-state index in [1.54, 1.807) is 11.8 Å². The monoisotopic (exact) mass is 424 g/mol. The van der Waals surface area contributed by atoms with Gasteiger partial charge in [-0.05, 0) is 73.5 Å². The van der Waals surface area contributed by atoms with Crippen LogP contribution in [0, 0.1) is 5.92 Å². The smallest absolute Gasteiger partial charge is 0.407 e. The molecule has 4 heterocycles. The Morgan fingerprint density at radius 1 is 1.13 bits per heavy atom. The molecule has 0 aliphatic carbocycles. The van der Waals surface area contributed by atoms with Crippen LogP contribution in [-0.4, -0.2) is 49.6 Å². The van der Waals surface area contributed by atoms with Crippen molar-refractivity contribution >= 4 is 17.9 Å². The van der Waals surface area contributed by atoms with E-state index in [0.717, 1.165) is 55.8 Å². The molecule has 30 heavy (non-hydrogen) atoms. The Hall–Kier alpha value is -2.18. The topological polar surface area (TPSA) is 50.8 Å². The number of alkyl carbamates (subject to hydrolysis) is 1. The van der Waals surface area contributed by atoms with Crippen molar-refractivity contribution in [2.75, 3.05) is 32.5 Å². The number of thioether (sulfide) groups is 1. The van der Waals surface area contributed by atoms with E-state index in [1.807, 2.05) is 6.07 Å². The average molecular weight is 425 g/mol. The van der Waals surface area contributed by atoms with E-state index < -0.39 is 0 Å². The molecule has 3 fully saturated rings. The SMILES string of the molecule is CSc1cccc(-c2ccc3c(c2)C(NC(=O)O[C@@H]2CN4CCC2CC4)CCO3)c1. The van der Waals surface area contributed by atoms with Crippen LogP contribution in [-0.2, 0) is 4.74 Å². The number of nitrogens with zero attached hydrogens (tertiary/aromatic N) is 1. The number of carbonyl (C=O) groups excluding carboxylic acids is 1. The summed E-state index contributed by atoms with van der Waals surface area (Å²) in [6.07, 6.45) is 4.82. The highest BCUT2D eigenvalue weighted by Crippen LogP contribution is 2.36. The van der Waals surface area contributed by atoms with Gasteiger partial charge in [0.05, 0.1) is 12.6 Å². The molecule has 1 unspecified atom stereocenters. The van der Waals surface area contributed by atoms with Crippen LogP contribution in [0.5, 0.6) is 5.75 Å². The van der Waals surface area contributed by atoms with Crippen LogP contribution >= 0.6 is 11.8 Å². The summed E-state index contributed by atoms with van der Waals surface area (Å²) in [5, 5.41) is 3.12. The van der Waals surface area contributed by atoms with Gasteiger partial charge in [-0.3, -0.25) is 4.90 Å². The predicted octanol–water partition coefficient (Wildman–Crippen LogP) is 4.72. The number of rotatable bonds is 4. The maximum Gasteiger partial charge on any atom is 0.407 e. The molecule has 2 aromatic carbocycles. The molecule has 2 aromatic rings. The lowest BCUT2D eigenvalue weighted by Gasteiger charge is -2.44. The first-order chi connectivity index (χ1) is 14.7. The van der Waals surface area contributed by atoms with Crippen LogP contribution in [0.4, 0.5) is 4.79 Å². The zero-order valence-corrected chi connectivity index (χ0v) is 18.1. The third kappa shape index (κ3) is 4.03. The predicted molar refractivity (Wildman–Crippen MR) is 119 cm³/mol. The number of piperidine rings is 3. The Morgan fingerprint density at radius 2 is 1.97 bits per heavy atom. The molecule has 6 heteroatoms. The lowest BCUT2D eigenvalue weighted by Crippen LogP contribution is -2.52. The molecule has 6 rings (SSSR count). The second-order valence-electron chi connectivity index (χ2n) is 8.40. The van der Waals surface area contributed by atoms with Crippen molar-refractivity contribution in [1.82, 2.24) is 10.2 Å². The van der Waals surface area contributed by atoms with Crippen molar-refractivity contribution in [1.29, 1.82) is 0 Å². The highest BCUT2D eigenvalue weighted by Gasteiger charge is 2.37. The molecular formula is C24H28N2O3S. The van der Waals surface area contributed by atoms with Crippen LogP contribution in [0.15, 0.2) is 47.4 Å². The van der Waals surface area contributed by atoms with Gasteiger partial charge >= 0.3 is 6.09 Å². The summed E-state index contributed by atoms with van der Waals surface area (Å²) in [7, 11) is 0. The van der Waals surface area contributed by atoms with Crippen LogP contribution in [0.1, 0.15) is 30.9 Å². The first-order valence-corrected chi connectivity index (χ1v) is 12.0. The Morgan fingerprint density at radius 3 is 2.73 bits per heavy atom. The molecular weight excluding hydrogens is 396 g/mol. The molecule has 0 aromatic heterocycles. The Balaban J connectivity index is 1.32. The average Bonchev–Trinajstić information content (AvgIpc) is 2.80.